The third-order valence-corrected chi connectivity index (χ3v) is 3.30. The van der Waals surface area contributed by atoms with Crippen molar-refractivity contribution in [3.05, 3.63) is 23.8 Å². The molecule has 1 aromatic rings. The summed E-state index contributed by atoms with van der Waals surface area (Å²) in [6.45, 7) is 5.52. The minimum atomic E-state index is 0.181. The average Bonchev–Trinajstić information content (AvgIpc) is 2.62. The van der Waals surface area contributed by atoms with E-state index in [1.807, 2.05) is 18.2 Å². The Kier molecular flexibility index (Phi) is 4.24. The van der Waals surface area contributed by atoms with E-state index < -0.39 is 0 Å². The summed E-state index contributed by atoms with van der Waals surface area (Å²) < 4.78 is 11.1. The number of carbonyl (C=O) groups is 1. The molecule has 0 saturated heterocycles. The highest BCUT2D eigenvalue weighted by atomic mass is 16.5. The molecule has 98 valence electrons. The molecule has 0 aliphatic carbocycles. The van der Waals surface area contributed by atoms with Gasteiger partial charge in [0.15, 0.2) is 17.3 Å². The van der Waals surface area contributed by atoms with Gasteiger partial charge in [0, 0.05) is 18.4 Å². The van der Waals surface area contributed by atoms with Crippen molar-refractivity contribution in [1.82, 2.24) is 0 Å². The standard InChI is InChI=1S/C15H20O3/c1-3-11(2)9-13(16)12-5-6-14-15(10-12)18-8-4-7-17-14/h5-6,10-11H,3-4,7-9H2,1-2H3. The van der Waals surface area contributed by atoms with Gasteiger partial charge in [-0.1, -0.05) is 20.3 Å². The Morgan fingerprint density at radius 3 is 2.72 bits per heavy atom. The molecule has 0 N–H and O–H groups in total. The molecule has 3 heteroatoms. The van der Waals surface area contributed by atoms with Crippen molar-refractivity contribution in [2.24, 2.45) is 5.92 Å². The third kappa shape index (κ3) is 3.03. The molecular weight excluding hydrogens is 228 g/mol. The van der Waals surface area contributed by atoms with Crippen molar-refractivity contribution >= 4 is 5.78 Å². The van der Waals surface area contributed by atoms with Gasteiger partial charge in [0.1, 0.15) is 0 Å². The molecule has 1 aliphatic rings. The molecule has 18 heavy (non-hydrogen) atoms. The van der Waals surface area contributed by atoms with E-state index in [0.717, 1.165) is 24.2 Å². The Labute approximate surface area is 108 Å². The first-order chi connectivity index (χ1) is 8.70. The van der Waals surface area contributed by atoms with E-state index in [0.29, 0.717) is 31.3 Å². The van der Waals surface area contributed by atoms with Crippen LogP contribution in [0.2, 0.25) is 0 Å². The van der Waals surface area contributed by atoms with Gasteiger partial charge in [-0.3, -0.25) is 4.79 Å². The number of hydrogen-bond donors (Lipinski definition) is 0. The van der Waals surface area contributed by atoms with Gasteiger partial charge in [0.25, 0.3) is 0 Å². The molecule has 0 radical (unpaired) electrons. The van der Waals surface area contributed by atoms with Crippen LogP contribution in [-0.2, 0) is 0 Å². The molecule has 2 rings (SSSR count). The second-order valence-corrected chi connectivity index (χ2v) is 4.85. The predicted molar refractivity (Wildman–Crippen MR) is 70.5 cm³/mol. The monoisotopic (exact) mass is 248 g/mol. The van der Waals surface area contributed by atoms with Crippen LogP contribution in [0.5, 0.6) is 11.5 Å². The molecular formula is C15H20O3. The van der Waals surface area contributed by atoms with Crippen LogP contribution in [-0.4, -0.2) is 19.0 Å². The number of carbonyl (C=O) groups excluding carboxylic acids is 1. The van der Waals surface area contributed by atoms with Gasteiger partial charge in [-0.15, -0.1) is 0 Å². The van der Waals surface area contributed by atoms with Gasteiger partial charge < -0.3 is 9.47 Å². The van der Waals surface area contributed by atoms with Gasteiger partial charge in [-0.2, -0.15) is 0 Å². The Morgan fingerprint density at radius 1 is 1.28 bits per heavy atom. The summed E-state index contributed by atoms with van der Waals surface area (Å²) >= 11 is 0. The van der Waals surface area contributed by atoms with Crippen LogP contribution in [0.3, 0.4) is 0 Å². The quantitative estimate of drug-likeness (QED) is 0.765. The molecule has 0 fully saturated rings. The topological polar surface area (TPSA) is 35.5 Å². The van der Waals surface area contributed by atoms with Crippen LogP contribution in [0, 0.1) is 5.92 Å². The maximum Gasteiger partial charge on any atom is 0.163 e. The Bertz CT molecular complexity index is 426. The molecule has 1 atom stereocenters. The van der Waals surface area contributed by atoms with E-state index in [-0.39, 0.29) is 5.78 Å². The number of benzene rings is 1. The second kappa shape index (κ2) is 5.89. The summed E-state index contributed by atoms with van der Waals surface area (Å²) in [4.78, 5) is 12.1. The Hall–Kier alpha value is -1.51. The van der Waals surface area contributed by atoms with Crippen molar-refractivity contribution in [3.8, 4) is 11.5 Å². The Morgan fingerprint density at radius 2 is 2.00 bits per heavy atom. The number of Topliss-reactive ketones (excluding diaryl/α,β-unsaturated/α-hetero) is 1. The molecule has 0 spiro atoms. The predicted octanol–water partition coefficient (Wildman–Crippen LogP) is 3.47. The number of ketones is 1. The van der Waals surface area contributed by atoms with Crippen molar-refractivity contribution in [1.29, 1.82) is 0 Å². The maximum absolute atomic E-state index is 12.1. The lowest BCUT2D eigenvalue weighted by molar-refractivity contribution is 0.0963. The molecule has 0 saturated carbocycles. The zero-order valence-electron chi connectivity index (χ0n) is 11.1. The van der Waals surface area contributed by atoms with Crippen LogP contribution >= 0.6 is 0 Å². The largest absolute Gasteiger partial charge is 0.490 e. The molecule has 1 aliphatic heterocycles. The minimum Gasteiger partial charge on any atom is -0.490 e. The summed E-state index contributed by atoms with van der Waals surface area (Å²) in [5, 5.41) is 0. The van der Waals surface area contributed by atoms with Crippen molar-refractivity contribution in [3.63, 3.8) is 0 Å². The summed E-state index contributed by atoms with van der Waals surface area (Å²) in [5.74, 6) is 2.04. The maximum atomic E-state index is 12.1. The van der Waals surface area contributed by atoms with Crippen LogP contribution in [0.25, 0.3) is 0 Å². The molecule has 0 bridgehead atoms. The van der Waals surface area contributed by atoms with Crippen LogP contribution in [0.4, 0.5) is 0 Å². The number of ether oxygens (including phenoxy) is 2. The lowest BCUT2D eigenvalue weighted by atomic mass is 9.97. The van der Waals surface area contributed by atoms with E-state index >= 15 is 0 Å². The summed E-state index contributed by atoms with van der Waals surface area (Å²) in [5.41, 5.74) is 0.722. The smallest absolute Gasteiger partial charge is 0.163 e. The van der Waals surface area contributed by atoms with Crippen molar-refractivity contribution in [2.75, 3.05) is 13.2 Å². The molecule has 0 amide bonds. The highest BCUT2D eigenvalue weighted by molar-refractivity contribution is 5.96. The van der Waals surface area contributed by atoms with Gasteiger partial charge in [0.2, 0.25) is 0 Å². The van der Waals surface area contributed by atoms with Crippen molar-refractivity contribution in [2.45, 2.75) is 33.1 Å². The van der Waals surface area contributed by atoms with Crippen LogP contribution in [0.15, 0.2) is 18.2 Å². The summed E-state index contributed by atoms with van der Waals surface area (Å²) in [6.07, 6.45) is 2.50. The second-order valence-electron chi connectivity index (χ2n) is 4.85. The first kappa shape index (κ1) is 12.9. The Balaban J connectivity index is 2.15. The lowest BCUT2D eigenvalue weighted by Crippen LogP contribution is -2.05. The fourth-order valence-corrected chi connectivity index (χ4v) is 1.92. The average molecular weight is 248 g/mol. The van der Waals surface area contributed by atoms with Gasteiger partial charge in [-0.25, -0.2) is 0 Å². The van der Waals surface area contributed by atoms with Crippen molar-refractivity contribution < 1.29 is 14.3 Å². The fraction of sp³-hybridized carbons (Fsp3) is 0.533. The summed E-state index contributed by atoms with van der Waals surface area (Å²) in [6, 6.07) is 5.48. The molecule has 0 aromatic heterocycles. The highest BCUT2D eigenvalue weighted by Crippen LogP contribution is 2.31. The number of hydrogen-bond acceptors (Lipinski definition) is 3. The number of fused-ring (bicyclic) bond motifs is 1. The zero-order valence-corrected chi connectivity index (χ0v) is 11.1. The zero-order chi connectivity index (χ0) is 13.0. The molecule has 1 unspecified atom stereocenters. The lowest BCUT2D eigenvalue weighted by Gasteiger charge is -2.10. The first-order valence-corrected chi connectivity index (χ1v) is 6.63. The van der Waals surface area contributed by atoms with E-state index in [1.54, 1.807) is 0 Å². The highest BCUT2D eigenvalue weighted by Gasteiger charge is 2.15. The SMILES string of the molecule is CCC(C)CC(=O)c1ccc2c(c1)OCCCO2. The van der Waals surface area contributed by atoms with Crippen LogP contribution < -0.4 is 9.47 Å². The minimum absolute atomic E-state index is 0.181. The van der Waals surface area contributed by atoms with Gasteiger partial charge >= 0.3 is 0 Å². The molecule has 3 nitrogen and oxygen atoms in total. The van der Waals surface area contributed by atoms with E-state index in [2.05, 4.69) is 13.8 Å². The van der Waals surface area contributed by atoms with Gasteiger partial charge in [-0.05, 0) is 24.1 Å². The van der Waals surface area contributed by atoms with E-state index in [4.69, 9.17) is 9.47 Å². The summed E-state index contributed by atoms with van der Waals surface area (Å²) in [7, 11) is 0. The molecule has 1 aromatic carbocycles. The normalized spacial score (nSPS) is 15.9. The first-order valence-electron chi connectivity index (χ1n) is 6.63. The molecule has 1 heterocycles. The third-order valence-electron chi connectivity index (χ3n) is 3.30. The van der Waals surface area contributed by atoms with E-state index in [9.17, 15) is 4.79 Å². The van der Waals surface area contributed by atoms with Gasteiger partial charge in [0.05, 0.1) is 13.2 Å². The fourth-order valence-electron chi connectivity index (χ4n) is 1.92. The van der Waals surface area contributed by atoms with E-state index in [1.165, 1.54) is 0 Å². The van der Waals surface area contributed by atoms with Crippen LogP contribution in [0.1, 0.15) is 43.5 Å². The number of rotatable bonds is 4.